The number of hydrogen-bond acceptors (Lipinski definition) is 6. The van der Waals surface area contributed by atoms with Gasteiger partial charge in [-0.1, -0.05) is 17.7 Å². The van der Waals surface area contributed by atoms with E-state index in [4.69, 9.17) is 9.47 Å². The van der Waals surface area contributed by atoms with Gasteiger partial charge in [0.25, 0.3) is 0 Å². The number of ether oxygens (including phenoxy) is 2. The highest BCUT2D eigenvalue weighted by atomic mass is 32.2. The van der Waals surface area contributed by atoms with E-state index in [-0.39, 0.29) is 10.8 Å². The zero-order chi connectivity index (χ0) is 21.6. The summed E-state index contributed by atoms with van der Waals surface area (Å²) in [6.07, 6.45) is 0.294. The summed E-state index contributed by atoms with van der Waals surface area (Å²) in [6.45, 7) is 3.40. The lowest BCUT2D eigenvalue weighted by Crippen LogP contribution is -2.40. The molecule has 1 aliphatic heterocycles. The third-order valence-corrected chi connectivity index (χ3v) is 7.58. The standard InChI is InChI=1S/C21H26N2O5S2/c1-16-3-5-17(6-4-16)29-14-9-21(24)22-19-15-18(7-8-20(19)27-2)30(25,26)23-10-12-28-13-11-23/h3-8,15H,9-14H2,1-2H3,(H,22,24). The number of benzene rings is 2. The molecule has 0 aromatic heterocycles. The molecular formula is C21H26N2O5S2. The second-order valence-electron chi connectivity index (χ2n) is 6.84. The predicted molar refractivity (Wildman–Crippen MR) is 118 cm³/mol. The van der Waals surface area contributed by atoms with Gasteiger partial charge in [-0.2, -0.15) is 4.31 Å². The minimum atomic E-state index is -3.66. The molecule has 1 saturated heterocycles. The molecule has 3 rings (SSSR count). The van der Waals surface area contributed by atoms with Crippen LogP contribution in [0.3, 0.4) is 0 Å². The molecule has 0 saturated carbocycles. The van der Waals surface area contributed by atoms with Crippen molar-refractivity contribution in [3.63, 3.8) is 0 Å². The number of sulfonamides is 1. The Hall–Kier alpha value is -2.07. The average molecular weight is 451 g/mol. The Morgan fingerprint density at radius 2 is 1.87 bits per heavy atom. The van der Waals surface area contributed by atoms with Gasteiger partial charge in [-0.05, 0) is 37.3 Å². The zero-order valence-corrected chi connectivity index (χ0v) is 18.7. The fourth-order valence-corrected chi connectivity index (χ4v) is 5.28. The van der Waals surface area contributed by atoms with E-state index in [0.717, 1.165) is 4.90 Å². The molecule has 0 atom stereocenters. The Morgan fingerprint density at radius 3 is 2.53 bits per heavy atom. The molecule has 0 radical (unpaired) electrons. The summed E-state index contributed by atoms with van der Waals surface area (Å²) in [6, 6.07) is 12.6. The lowest BCUT2D eigenvalue weighted by molar-refractivity contribution is -0.115. The van der Waals surface area contributed by atoms with Crippen molar-refractivity contribution >= 4 is 33.4 Å². The third-order valence-electron chi connectivity index (χ3n) is 4.67. The van der Waals surface area contributed by atoms with Crippen molar-refractivity contribution in [1.82, 2.24) is 4.31 Å². The number of carbonyl (C=O) groups is 1. The second kappa shape index (κ2) is 10.3. The van der Waals surface area contributed by atoms with Crippen molar-refractivity contribution in [1.29, 1.82) is 0 Å². The summed E-state index contributed by atoms with van der Waals surface area (Å²) in [5, 5.41) is 2.79. The average Bonchev–Trinajstić information content (AvgIpc) is 2.75. The first-order chi connectivity index (χ1) is 14.4. The van der Waals surface area contributed by atoms with E-state index in [1.165, 1.54) is 29.1 Å². The number of aryl methyl sites for hydroxylation is 1. The lowest BCUT2D eigenvalue weighted by Gasteiger charge is -2.26. The monoisotopic (exact) mass is 450 g/mol. The van der Waals surface area contributed by atoms with Crippen molar-refractivity contribution in [3.8, 4) is 5.75 Å². The Balaban J connectivity index is 1.65. The number of anilines is 1. The maximum absolute atomic E-state index is 12.9. The van der Waals surface area contributed by atoms with E-state index in [0.29, 0.717) is 49.9 Å². The fourth-order valence-electron chi connectivity index (χ4n) is 2.99. The van der Waals surface area contributed by atoms with E-state index >= 15 is 0 Å². The van der Waals surface area contributed by atoms with Gasteiger partial charge in [-0.25, -0.2) is 8.42 Å². The summed E-state index contributed by atoms with van der Waals surface area (Å²) in [5.41, 5.74) is 1.54. The first kappa shape index (κ1) is 22.6. The van der Waals surface area contributed by atoms with E-state index in [2.05, 4.69) is 5.32 Å². The van der Waals surface area contributed by atoms with Gasteiger partial charge in [0.1, 0.15) is 5.75 Å². The highest BCUT2D eigenvalue weighted by Crippen LogP contribution is 2.29. The van der Waals surface area contributed by atoms with Gasteiger partial charge in [-0.3, -0.25) is 4.79 Å². The molecule has 30 heavy (non-hydrogen) atoms. The van der Waals surface area contributed by atoms with Crippen LogP contribution in [0, 0.1) is 6.92 Å². The Bertz CT molecular complexity index is 971. The van der Waals surface area contributed by atoms with Crippen molar-refractivity contribution in [2.24, 2.45) is 0 Å². The van der Waals surface area contributed by atoms with Crippen LogP contribution in [-0.2, 0) is 19.6 Å². The number of methoxy groups -OCH3 is 1. The van der Waals surface area contributed by atoms with Crippen molar-refractivity contribution < 1.29 is 22.7 Å². The number of amides is 1. The van der Waals surface area contributed by atoms with Gasteiger partial charge in [0.2, 0.25) is 15.9 Å². The molecule has 162 valence electrons. The van der Waals surface area contributed by atoms with E-state index < -0.39 is 10.0 Å². The van der Waals surface area contributed by atoms with Crippen molar-refractivity contribution in [3.05, 3.63) is 48.0 Å². The Morgan fingerprint density at radius 1 is 1.17 bits per heavy atom. The van der Waals surface area contributed by atoms with E-state index in [9.17, 15) is 13.2 Å². The van der Waals surface area contributed by atoms with Crippen LogP contribution in [0.5, 0.6) is 5.75 Å². The molecule has 1 amide bonds. The van der Waals surface area contributed by atoms with Crippen LogP contribution >= 0.6 is 11.8 Å². The normalized spacial score (nSPS) is 15.0. The molecule has 1 heterocycles. The molecule has 0 unspecified atom stereocenters. The van der Waals surface area contributed by atoms with Gasteiger partial charge in [-0.15, -0.1) is 11.8 Å². The van der Waals surface area contributed by atoms with Crippen LogP contribution in [0.2, 0.25) is 0 Å². The largest absolute Gasteiger partial charge is 0.495 e. The second-order valence-corrected chi connectivity index (χ2v) is 9.94. The van der Waals surface area contributed by atoms with Crippen LogP contribution in [0.4, 0.5) is 5.69 Å². The molecule has 0 spiro atoms. The SMILES string of the molecule is COc1ccc(S(=O)(=O)N2CCOCC2)cc1NC(=O)CCSc1ccc(C)cc1. The third kappa shape index (κ3) is 5.75. The van der Waals surface area contributed by atoms with Crippen LogP contribution in [0.1, 0.15) is 12.0 Å². The van der Waals surface area contributed by atoms with Crippen LogP contribution in [0.15, 0.2) is 52.3 Å². The minimum Gasteiger partial charge on any atom is -0.495 e. The number of carbonyl (C=O) groups excluding carboxylic acids is 1. The topological polar surface area (TPSA) is 84.9 Å². The Labute approximate surface area is 181 Å². The highest BCUT2D eigenvalue weighted by Gasteiger charge is 2.27. The highest BCUT2D eigenvalue weighted by molar-refractivity contribution is 7.99. The summed E-state index contributed by atoms with van der Waals surface area (Å²) in [5.74, 6) is 0.826. The molecule has 0 bridgehead atoms. The first-order valence-electron chi connectivity index (χ1n) is 9.65. The molecule has 1 N–H and O–H groups in total. The molecule has 2 aromatic rings. The molecular weight excluding hydrogens is 424 g/mol. The van der Waals surface area contributed by atoms with Gasteiger partial charge < -0.3 is 14.8 Å². The number of nitrogens with one attached hydrogen (secondary N) is 1. The summed E-state index contributed by atoms with van der Waals surface area (Å²) >= 11 is 1.60. The maximum atomic E-state index is 12.9. The van der Waals surface area contributed by atoms with Crippen molar-refractivity contribution in [2.45, 2.75) is 23.1 Å². The smallest absolute Gasteiger partial charge is 0.243 e. The number of nitrogens with zero attached hydrogens (tertiary/aromatic N) is 1. The molecule has 0 aliphatic carbocycles. The van der Waals surface area contributed by atoms with Gasteiger partial charge in [0, 0.05) is 30.2 Å². The van der Waals surface area contributed by atoms with Gasteiger partial charge in [0.15, 0.2) is 0 Å². The molecule has 2 aromatic carbocycles. The van der Waals surface area contributed by atoms with Crippen LogP contribution in [-0.4, -0.2) is 57.8 Å². The zero-order valence-electron chi connectivity index (χ0n) is 17.1. The van der Waals surface area contributed by atoms with E-state index in [1.807, 2.05) is 31.2 Å². The lowest BCUT2D eigenvalue weighted by atomic mass is 10.2. The van der Waals surface area contributed by atoms with Crippen molar-refractivity contribution in [2.75, 3.05) is 44.5 Å². The molecule has 1 aliphatic rings. The molecule has 1 fully saturated rings. The predicted octanol–water partition coefficient (Wildman–Crippen LogP) is 3.15. The summed E-state index contributed by atoms with van der Waals surface area (Å²) in [7, 11) is -2.18. The maximum Gasteiger partial charge on any atom is 0.243 e. The Kier molecular flexibility index (Phi) is 7.76. The number of hydrogen-bond donors (Lipinski definition) is 1. The number of rotatable bonds is 8. The fraction of sp³-hybridized carbons (Fsp3) is 0.381. The summed E-state index contributed by atoms with van der Waals surface area (Å²) in [4.78, 5) is 13.7. The minimum absolute atomic E-state index is 0.120. The number of thioether (sulfide) groups is 1. The summed E-state index contributed by atoms with van der Waals surface area (Å²) < 4.78 is 37.7. The molecule has 9 heteroatoms. The first-order valence-corrected chi connectivity index (χ1v) is 12.1. The van der Waals surface area contributed by atoms with Crippen LogP contribution < -0.4 is 10.1 Å². The van der Waals surface area contributed by atoms with Gasteiger partial charge >= 0.3 is 0 Å². The van der Waals surface area contributed by atoms with Crippen LogP contribution in [0.25, 0.3) is 0 Å². The van der Waals surface area contributed by atoms with E-state index in [1.54, 1.807) is 17.8 Å². The number of morpholine rings is 1. The molecule has 7 nitrogen and oxygen atoms in total. The quantitative estimate of drug-likeness (QED) is 0.622. The van der Waals surface area contributed by atoms with Gasteiger partial charge in [0.05, 0.1) is 30.9 Å².